The summed E-state index contributed by atoms with van der Waals surface area (Å²) in [7, 11) is -1.65. The van der Waals surface area contributed by atoms with E-state index in [9.17, 15) is 13.2 Å². The normalized spacial score (nSPS) is 16.2. The third kappa shape index (κ3) is 4.08. The fourth-order valence-corrected chi connectivity index (χ4v) is 4.36. The van der Waals surface area contributed by atoms with Crippen molar-refractivity contribution in [3.05, 3.63) is 29.3 Å². The molecule has 0 bridgehead atoms. The molecule has 24 heavy (non-hydrogen) atoms. The molecule has 2 rings (SSSR count). The van der Waals surface area contributed by atoms with Crippen molar-refractivity contribution in [2.45, 2.75) is 26.7 Å². The molecule has 0 saturated carbocycles. The molecule has 1 aliphatic rings. The van der Waals surface area contributed by atoms with Gasteiger partial charge in [-0.05, 0) is 30.5 Å². The van der Waals surface area contributed by atoms with Crippen LogP contribution in [0.25, 0.3) is 0 Å². The van der Waals surface area contributed by atoms with Crippen molar-refractivity contribution < 1.29 is 17.9 Å². The highest BCUT2D eigenvalue weighted by Gasteiger charge is 2.29. The lowest BCUT2D eigenvalue weighted by molar-refractivity contribution is 0.0694. The number of hydrogen-bond acceptors (Lipinski definition) is 4. The molecule has 0 spiro atoms. The Kier molecular flexibility index (Phi) is 6.23. The molecule has 0 aliphatic carbocycles. The van der Waals surface area contributed by atoms with E-state index in [0.717, 1.165) is 12.0 Å². The number of benzene rings is 1. The van der Waals surface area contributed by atoms with Gasteiger partial charge >= 0.3 is 0 Å². The highest BCUT2D eigenvalue weighted by Crippen LogP contribution is 2.23. The summed E-state index contributed by atoms with van der Waals surface area (Å²) in [6.45, 7) is 5.40. The van der Waals surface area contributed by atoms with Crippen LogP contribution in [0.5, 0.6) is 5.75 Å². The van der Waals surface area contributed by atoms with Crippen molar-refractivity contribution in [1.82, 2.24) is 9.21 Å². The van der Waals surface area contributed by atoms with E-state index in [-0.39, 0.29) is 11.7 Å². The highest BCUT2D eigenvalue weighted by molar-refractivity contribution is 7.89. The molecule has 1 heterocycles. The van der Waals surface area contributed by atoms with E-state index >= 15 is 0 Å². The first kappa shape index (κ1) is 18.7. The zero-order chi connectivity index (χ0) is 17.7. The zero-order valence-electron chi connectivity index (χ0n) is 14.6. The number of piperazine rings is 1. The van der Waals surface area contributed by atoms with E-state index in [1.807, 2.05) is 32.0 Å². The summed E-state index contributed by atoms with van der Waals surface area (Å²) >= 11 is 0. The number of carbonyl (C=O) groups excluding carboxylic acids is 1. The average Bonchev–Trinajstić information content (AvgIpc) is 2.60. The molecule has 0 aromatic heterocycles. The van der Waals surface area contributed by atoms with Crippen LogP contribution < -0.4 is 4.74 Å². The van der Waals surface area contributed by atoms with Gasteiger partial charge in [-0.15, -0.1) is 0 Å². The van der Waals surface area contributed by atoms with Gasteiger partial charge in [-0.3, -0.25) is 4.79 Å². The standard InChI is InChI=1S/C17H26N2O4S/c1-4-12-24(21,22)19-10-8-18(9-11-19)17(20)15-13-14(5-2)6-7-16(15)23-3/h6-7,13H,4-5,8-12H2,1-3H3. The van der Waals surface area contributed by atoms with E-state index in [2.05, 4.69) is 0 Å². The lowest BCUT2D eigenvalue weighted by Crippen LogP contribution is -2.51. The fraction of sp³-hybridized carbons (Fsp3) is 0.588. The third-order valence-electron chi connectivity index (χ3n) is 4.28. The predicted octanol–water partition coefficient (Wildman–Crippen LogP) is 1.76. The Morgan fingerprint density at radius 3 is 2.38 bits per heavy atom. The Balaban J connectivity index is 2.11. The summed E-state index contributed by atoms with van der Waals surface area (Å²) in [4.78, 5) is 14.5. The summed E-state index contributed by atoms with van der Waals surface area (Å²) in [5.74, 6) is 0.612. The Morgan fingerprint density at radius 1 is 1.17 bits per heavy atom. The first-order valence-electron chi connectivity index (χ1n) is 8.37. The molecular formula is C17H26N2O4S. The summed E-state index contributed by atoms with van der Waals surface area (Å²) in [5.41, 5.74) is 1.62. The average molecular weight is 354 g/mol. The number of nitrogens with zero attached hydrogens (tertiary/aromatic N) is 2. The number of aryl methyl sites for hydroxylation is 1. The van der Waals surface area contributed by atoms with Gasteiger partial charge < -0.3 is 9.64 Å². The van der Waals surface area contributed by atoms with Gasteiger partial charge in [-0.1, -0.05) is 19.9 Å². The van der Waals surface area contributed by atoms with Crippen molar-refractivity contribution in [2.75, 3.05) is 39.0 Å². The molecule has 0 atom stereocenters. The Labute approximate surface area is 144 Å². The third-order valence-corrected chi connectivity index (χ3v) is 6.36. The van der Waals surface area contributed by atoms with Crippen LogP contribution in [0.15, 0.2) is 18.2 Å². The number of sulfonamides is 1. The highest BCUT2D eigenvalue weighted by atomic mass is 32.2. The second-order valence-electron chi connectivity index (χ2n) is 5.90. The van der Waals surface area contributed by atoms with Crippen LogP contribution in [-0.2, 0) is 16.4 Å². The Morgan fingerprint density at radius 2 is 1.83 bits per heavy atom. The molecule has 1 fully saturated rings. The minimum Gasteiger partial charge on any atom is -0.496 e. The second kappa shape index (κ2) is 7.98. The Bertz CT molecular complexity index is 680. The van der Waals surface area contributed by atoms with Gasteiger partial charge in [0.15, 0.2) is 0 Å². The molecule has 7 heteroatoms. The summed E-state index contributed by atoms with van der Waals surface area (Å²) < 4.78 is 31.0. The number of carbonyl (C=O) groups is 1. The van der Waals surface area contributed by atoms with Crippen molar-refractivity contribution in [1.29, 1.82) is 0 Å². The number of hydrogen-bond donors (Lipinski definition) is 0. The maximum Gasteiger partial charge on any atom is 0.257 e. The largest absolute Gasteiger partial charge is 0.496 e. The van der Waals surface area contributed by atoms with Gasteiger partial charge in [0.25, 0.3) is 5.91 Å². The molecule has 1 aromatic rings. The first-order chi connectivity index (χ1) is 11.4. The van der Waals surface area contributed by atoms with Crippen LogP contribution in [-0.4, -0.2) is 62.6 Å². The number of rotatable bonds is 6. The smallest absolute Gasteiger partial charge is 0.257 e. The van der Waals surface area contributed by atoms with Gasteiger partial charge in [0.2, 0.25) is 10.0 Å². The van der Waals surface area contributed by atoms with E-state index in [1.165, 1.54) is 4.31 Å². The minimum absolute atomic E-state index is 0.102. The van der Waals surface area contributed by atoms with Crippen LogP contribution in [0.1, 0.15) is 36.2 Å². The van der Waals surface area contributed by atoms with E-state index in [4.69, 9.17) is 4.74 Å². The molecule has 1 aliphatic heterocycles. The topological polar surface area (TPSA) is 66.9 Å². The van der Waals surface area contributed by atoms with Gasteiger partial charge in [-0.2, -0.15) is 4.31 Å². The van der Waals surface area contributed by atoms with Gasteiger partial charge in [-0.25, -0.2) is 8.42 Å². The zero-order valence-corrected chi connectivity index (χ0v) is 15.4. The van der Waals surface area contributed by atoms with Crippen molar-refractivity contribution in [3.8, 4) is 5.75 Å². The Hall–Kier alpha value is -1.60. The molecule has 6 nitrogen and oxygen atoms in total. The van der Waals surface area contributed by atoms with Crippen LogP contribution in [0, 0.1) is 0 Å². The molecule has 0 radical (unpaired) electrons. The molecular weight excluding hydrogens is 328 g/mol. The van der Waals surface area contributed by atoms with Crippen molar-refractivity contribution >= 4 is 15.9 Å². The second-order valence-corrected chi connectivity index (χ2v) is 7.98. The number of ether oxygens (including phenoxy) is 1. The van der Waals surface area contributed by atoms with E-state index in [0.29, 0.717) is 43.9 Å². The molecule has 134 valence electrons. The molecule has 1 saturated heterocycles. The van der Waals surface area contributed by atoms with Gasteiger partial charge in [0.05, 0.1) is 18.4 Å². The monoisotopic (exact) mass is 354 g/mol. The fourth-order valence-electron chi connectivity index (χ4n) is 2.87. The lowest BCUT2D eigenvalue weighted by atomic mass is 10.1. The van der Waals surface area contributed by atoms with Crippen molar-refractivity contribution in [3.63, 3.8) is 0 Å². The van der Waals surface area contributed by atoms with E-state index in [1.54, 1.807) is 12.0 Å². The molecule has 1 aromatic carbocycles. The van der Waals surface area contributed by atoms with Gasteiger partial charge in [0.1, 0.15) is 5.75 Å². The summed E-state index contributed by atoms with van der Waals surface area (Å²) in [6, 6.07) is 5.63. The lowest BCUT2D eigenvalue weighted by Gasteiger charge is -2.34. The van der Waals surface area contributed by atoms with Crippen LogP contribution >= 0.6 is 0 Å². The van der Waals surface area contributed by atoms with E-state index < -0.39 is 10.0 Å². The molecule has 0 unspecified atom stereocenters. The maximum absolute atomic E-state index is 12.8. The maximum atomic E-state index is 12.8. The van der Waals surface area contributed by atoms with Crippen molar-refractivity contribution in [2.24, 2.45) is 0 Å². The summed E-state index contributed by atoms with van der Waals surface area (Å²) in [5, 5.41) is 0. The summed E-state index contributed by atoms with van der Waals surface area (Å²) in [6.07, 6.45) is 1.44. The SMILES string of the molecule is CCCS(=O)(=O)N1CCN(C(=O)c2cc(CC)ccc2OC)CC1. The molecule has 0 N–H and O–H groups in total. The van der Waals surface area contributed by atoms with Crippen LogP contribution in [0.2, 0.25) is 0 Å². The van der Waals surface area contributed by atoms with Gasteiger partial charge in [0, 0.05) is 26.2 Å². The number of amides is 1. The first-order valence-corrected chi connectivity index (χ1v) is 9.97. The predicted molar refractivity (Wildman–Crippen MR) is 93.9 cm³/mol. The van der Waals surface area contributed by atoms with Crippen LogP contribution in [0.3, 0.4) is 0 Å². The number of methoxy groups -OCH3 is 1. The molecule has 1 amide bonds. The minimum atomic E-state index is -3.20. The van der Waals surface area contributed by atoms with Crippen LogP contribution in [0.4, 0.5) is 0 Å². The quantitative estimate of drug-likeness (QED) is 0.781.